The van der Waals surface area contributed by atoms with Crippen LogP contribution in [0.5, 0.6) is 11.6 Å². The summed E-state index contributed by atoms with van der Waals surface area (Å²) >= 11 is 0. The van der Waals surface area contributed by atoms with Crippen LogP contribution in [0.15, 0.2) is 24.3 Å². The predicted molar refractivity (Wildman–Crippen MR) is 74.1 cm³/mol. The van der Waals surface area contributed by atoms with Crippen LogP contribution in [0.1, 0.15) is 12.7 Å². The minimum atomic E-state index is -0.963. The van der Waals surface area contributed by atoms with Crippen LogP contribution in [0.2, 0.25) is 0 Å². The van der Waals surface area contributed by atoms with Crippen LogP contribution >= 0.6 is 0 Å². The number of nitrogens with one attached hydrogen (secondary N) is 1. The first kappa shape index (κ1) is 14.6. The van der Waals surface area contributed by atoms with E-state index in [1.54, 1.807) is 13.0 Å². The van der Waals surface area contributed by atoms with Gasteiger partial charge in [0.15, 0.2) is 0 Å². The summed E-state index contributed by atoms with van der Waals surface area (Å²) in [6.45, 7) is 4.30. The quantitative estimate of drug-likeness (QED) is 0.672. The molecule has 0 bridgehead atoms. The second kappa shape index (κ2) is 6.12. The van der Waals surface area contributed by atoms with Gasteiger partial charge in [-0.25, -0.2) is 4.98 Å². The van der Waals surface area contributed by atoms with Crippen LogP contribution in [0.3, 0.4) is 0 Å². The van der Waals surface area contributed by atoms with Crippen molar-refractivity contribution in [3.8, 4) is 11.6 Å². The summed E-state index contributed by atoms with van der Waals surface area (Å²) in [7, 11) is 0. The number of hydrogen-bond acceptors (Lipinski definition) is 6. The minimum Gasteiger partial charge on any atom is -0.439 e. The number of aromatic nitrogens is 2. The van der Waals surface area contributed by atoms with Gasteiger partial charge >= 0.3 is 5.69 Å². The lowest BCUT2D eigenvalue weighted by molar-refractivity contribution is -0.387. The molecule has 0 aliphatic carbocycles. The molecular weight excluding hydrogens is 279 g/mol. The molecule has 8 heteroatoms. The molecule has 2 aromatic rings. The van der Waals surface area contributed by atoms with Crippen molar-refractivity contribution in [3.63, 3.8) is 0 Å². The van der Waals surface area contributed by atoms with Gasteiger partial charge in [0.1, 0.15) is 17.4 Å². The Morgan fingerprint density at radius 3 is 2.76 bits per heavy atom. The maximum Gasteiger partial charge on any atom is 0.305 e. The zero-order valence-corrected chi connectivity index (χ0v) is 11.5. The normalized spacial score (nSPS) is 10.2. The number of halogens is 1. The molecule has 1 aromatic heterocycles. The molecule has 0 amide bonds. The van der Waals surface area contributed by atoms with Crippen LogP contribution in [0.25, 0.3) is 0 Å². The second-order valence-corrected chi connectivity index (χ2v) is 4.14. The molecule has 0 aliphatic heterocycles. The van der Waals surface area contributed by atoms with Crippen LogP contribution in [0, 0.1) is 22.9 Å². The summed E-state index contributed by atoms with van der Waals surface area (Å²) in [6.07, 6.45) is 0. The van der Waals surface area contributed by atoms with E-state index in [9.17, 15) is 14.5 Å². The molecule has 0 saturated carbocycles. The summed E-state index contributed by atoms with van der Waals surface area (Å²) in [5.41, 5.74) is -0.602. The molecule has 1 N–H and O–H groups in total. The van der Waals surface area contributed by atoms with Crippen molar-refractivity contribution in [2.45, 2.75) is 13.8 Å². The molecule has 1 heterocycles. The molecule has 0 saturated heterocycles. The van der Waals surface area contributed by atoms with Gasteiger partial charge in [-0.2, -0.15) is 9.37 Å². The van der Waals surface area contributed by atoms with Gasteiger partial charge in [-0.3, -0.25) is 10.1 Å². The maximum atomic E-state index is 13.5. The zero-order chi connectivity index (χ0) is 15.4. The van der Waals surface area contributed by atoms with Gasteiger partial charge in [-0.05, 0) is 19.9 Å². The number of benzene rings is 1. The fraction of sp³-hybridized carbons (Fsp3) is 0.231. The number of hydrogen-bond donors (Lipinski definition) is 1. The number of anilines is 1. The lowest BCUT2D eigenvalue weighted by Crippen LogP contribution is -2.02. The van der Waals surface area contributed by atoms with Gasteiger partial charge in [0, 0.05) is 24.7 Å². The highest BCUT2D eigenvalue weighted by atomic mass is 19.1. The number of aryl methyl sites for hydroxylation is 1. The third-order valence-corrected chi connectivity index (χ3v) is 2.51. The molecule has 7 nitrogen and oxygen atoms in total. The van der Waals surface area contributed by atoms with Crippen molar-refractivity contribution in [2.24, 2.45) is 0 Å². The Labute approximate surface area is 120 Å². The van der Waals surface area contributed by atoms with E-state index in [0.29, 0.717) is 18.2 Å². The van der Waals surface area contributed by atoms with E-state index in [1.807, 2.05) is 6.92 Å². The highest BCUT2D eigenvalue weighted by Gasteiger charge is 2.15. The van der Waals surface area contributed by atoms with Crippen molar-refractivity contribution in [3.05, 3.63) is 46.0 Å². The third-order valence-electron chi connectivity index (χ3n) is 2.51. The average molecular weight is 292 g/mol. The minimum absolute atomic E-state index is 0.124. The predicted octanol–water partition coefficient (Wildman–Crippen LogP) is 3.06. The fourth-order valence-corrected chi connectivity index (χ4v) is 1.68. The zero-order valence-electron chi connectivity index (χ0n) is 11.5. The fourth-order valence-electron chi connectivity index (χ4n) is 1.68. The van der Waals surface area contributed by atoms with Crippen molar-refractivity contribution < 1.29 is 14.1 Å². The highest BCUT2D eigenvalue weighted by molar-refractivity contribution is 5.42. The van der Waals surface area contributed by atoms with Crippen LogP contribution in [0.4, 0.5) is 15.9 Å². The molecule has 21 heavy (non-hydrogen) atoms. The van der Waals surface area contributed by atoms with Crippen molar-refractivity contribution in [1.82, 2.24) is 9.97 Å². The van der Waals surface area contributed by atoms with Gasteiger partial charge in [-0.15, -0.1) is 0 Å². The van der Waals surface area contributed by atoms with Crippen molar-refractivity contribution >= 4 is 11.5 Å². The van der Waals surface area contributed by atoms with Gasteiger partial charge in [0.05, 0.1) is 4.92 Å². The summed E-state index contributed by atoms with van der Waals surface area (Å²) in [6, 6.07) is 4.87. The molecule has 0 fully saturated rings. The third kappa shape index (κ3) is 3.62. The number of nitrogens with zero attached hydrogens (tertiary/aromatic N) is 3. The van der Waals surface area contributed by atoms with Gasteiger partial charge in [-0.1, -0.05) is 0 Å². The van der Waals surface area contributed by atoms with Crippen molar-refractivity contribution in [2.75, 3.05) is 11.9 Å². The number of nitro groups is 1. The lowest BCUT2D eigenvalue weighted by atomic mass is 10.3. The molecule has 0 spiro atoms. The average Bonchev–Trinajstić information content (AvgIpc) is 2.37. The maximum absolute atomic E-state index is 13.5. The Morgan fingerprint density at radius 2 is 2.14 bits per heavy atom. The van der Waals surface area contributed by atoms with Crippen LogP contribution in [-0.4, -0.2) is 21.4 Å². The summed E-state index contributed by atoms with van der Waals surface area (Å²) in [5.74, 6) is 0.466. The van der Waals surface area contributed by atoms with Crippen LogP contribution < -0.4 is 10.1 Å². The summed E-state index contributed by atoms with van der Waals surface area (Å²) in [5, 5.41) is 13.6. The molecule has 0 atom stereocenters. The number of rotatable bonds is 5. The Kier molecular flexibility index (Phi) is 4.27. The second-order valence-electron chi connectivity index (χ2n) is 4.14. The van der Waals surface area contributed by atoms with E-state index >= 15 is 0 Å². The summed E-state index contributed by atoms with van der Waals surface area (Å²) in [4.78, 5) is 18.0. The van der Waals surface area contributed by atoms with E-state index in [4.69, 9.17) is 4.74 Å². The topological polar surface area (TPSA) is 90.2 Å². The number of nitro benzene ring substituents is 1. The molecule has 1 aromatic carbocycles. The van der Waals surface area contributed by atoms with Crippen molar-refractivity contribution in [1.29, 1.82) is 0 Å². The Morgan fingerprint density at radius 1 is 1.38 bits per heavy atom. The number of ether oxygens (including phenoxy) is 1. The SMILES string of the molecule is CCNc1cc(Oc2ccc([N+](=O)[O-])c(F)c2)nc(C)n1. The Balaban J connectivity index is 2.25. The van der Waals surface area contributed by atoms with E-state index in [-0.39, 0.29) is 11.6 Å². The first-order valence-electron chi connectivity index (χ1n) is 6.21. The molecule has 0 aliphatic rings. The largest absolute Gasteiger partial charge is 0.439 e. The monoisotopic (exact) mass is 292 g/mol. The highest BCUT2D eigenvalue weighted by Crippen LogP contribution is 2.26. The molecule has 2 rings (SSSR count). The first-order chi connectivity index (χ1) is 9.99. The van der Waals surface area contributed by atoms with E-state index in [2.05, 4.69) is 15.3 Å². The van der Waals surface area contributed by atoms with Gasteiger partial charge < -0.3 is 10.1 Å². The Hall–Kier alpha value is -2.77. The molecular formula is C13H13FN4O3. The standard InChI is InChI=1S/C13H13FN4O3/c1-3-15-12-7-13(17-8(2)16-12)21-9-4-5-11(18(19)20)10(14)6-9/h4-7H,3H2,1-2H3,(H,15,16,17). The molecule has 0 unspecified atom stereocenters. The summed E-state index contributed by atoms with van der Waals surface area (Å²) < 4.78 is 18.9. The van der Waals surface area contributed by atoms with E-state index < -0.39 is 16.4 Å². The lowest BCUT2D eigenvalue weighted by Gasteiger charge is -2.08. The van der Waals surface area contributed by atoms with E-state index in [0.717, 1.165) is 12.1 Å². The van der Waals surface area contributed by atoms with E-state index in [1.165, 1.54) is 6.07 Å². The molecule has 110 valence electrons. The van der Waals surface area contributed by atoms with Gasteiger partial charge in [0.25, 0.3) is 0 Å². The smallest absolute Gasteiger partial charge is 0.305 e. The van der Waals surface area contributed by atoms with Gasteiger partial charge in [0.2, 0.25) is 11.7 Å². The molecule has 0 radical (unpaired) electrons. The Bertz CT molecular complexity index is 678. The van der Waals surface area contributed by atoms with Crippen LogP contribution in [-0.2, 0) is 0 Å². The first-order valence-corrected chi connectivity index (χ1v) is 6.21.